The van der Waals surface area contributed by atoms with Gasteiger partial charge in [0.05, 0.1) is 23.9 Å². The molecule has 3 atom stereocenters. The Bertz CT molecular complexity index is 1560. The van der Waals surface area contributed by atoms with Gasteiger partial charge in [-0.3, -0.25) is 14.7 Å². The molecule has 1 saturated carbocycles. The zero-order chi connectivity index (χ0) is 36.9. The number of benzene rings is 1. The molecule has 0 bridgehead atoms. The molecule has 3 heterocycles. The summed E-state index contributed by atoms with van der Waals surface area (Å²) in [6.07, 6.45) is 1.54. The third-order valence-electron chi connectivity index (χ3n) is 10.2. The zero-order valence-corrected chi connectivity index (χ0v) is 28.9. The van der Waals surface area contributed by atoms with Crippen LogP contribution in [0.2, 0.25) is 0 Å². The van der Waals surface area contributed by atoms with Crippen LogP contribution < -0.4 is 4.90 Å². The second-order valence-electron chi connectivity index (χ2n) is 13.5. The third kappa shape index (κ3) is 9.20. The number of piperidine rings is 1. The van der Waals surface area contributed by atoms with Crippen LogP contribution in [0, 0.1) is 11.8 Å². The number of likely N-dealkylation sites (tertiary alicyclic amines) is 1. The molecule has 1 amide bonds. The highest BCUT2D eigenvalue weighted by Gasteiger charge is 2.43. The predicted molar refractivity (Wildman–Crippen MR) is 177 cm³/mol. The average molecular weight is 723 g/mol. The van der Waals surface area contributed by atoms with Gasteiger partial charge in [-0.05, 0) is 88.0 Å². The van der Waals surface area contributed by atoms with E-state index in [2.05, 4.69) is 20.2 Å². The molecule has 0 spiro atoms. The van der Waals surface area contributed by atoms with Crippen LogP contribution in [-0.2, 0) is 33.2 Å². The minimum atomic E-state index is -4.99. The number of alkyl halides is 6. The molecule has 1 aromatic carbocycles. The Labute approximate surface area is 293 Å². The fourth-order valence-corrected chi connectivity index (χ4v) is 7.57. The Morgan fingerprint density at radius 1 is 0.863 bits per heavy atom. The number of carbonyl (C=O) groups is 2. The summed E-state index contributed by atoms with van der Waals surface area (Å²) < 4.78 is 88.1. The van der Waals surface area contributed by atoms with E-state index >= 15 is 0 Å². The first-order valence-electron chi connectivity index (χ1n) is 17.6. The van der Waals surface area contributed by atoms with Crippen molar-refractivity contribution in [3.63, 3.8) is 0 Å². The number of esters is 1. The van der Waals surface area contributed by atoms with Gasteiger partial charge in [-0.15, -0.1) is 0 Å². The summed E-state index contributed by atoms with van der Waals surface area (Å²) in [6, 6.07) is 0.768. The van der Waals surface area contributed by atoms with Gasteiger partial charge in [0.2, 0.25) is 11.9 Å². The van der Waals surface area contributed by atoms with Gasteiger partial charge in [0.25, 0.3) is 0 Å². The smallest absolute Gasteiger partial charge is 0.416 e. The van der Waals surface area contributed by atoms with Crippen molar-refractivity contribution >= 4 is 17.8 Å². The van der Waals surface area contributed by atoms with Crippen molar-refractivity contribution in [2.24, 2.45) is 11.8 Å². The first-order chi connectivity index (χ1) is 24.2. The molecular weight excluding hydrogens is 678 g/mol. The molecule has 1 unspecified atom stereocenters. The number of hydrogen-bond acceptors (Lipinski definition) is 7. The minimum absolute atomic E-state index is 0.0571. The van der Waals surface area contributed by atoms with Crippen molar-refractivity contribution in [2.75, 3.05) is 11.5 Å². The first kappa shape index (κ1) is 38.1. The second-order valence-corrected chi connectivity index (χ2v) is 13.5. The lowest BCUT2D eigenvalue weighted by molar-refractivity contribution is -0.146. The Morgan fingerprint density at radius 3 is 1.94 bits per heavy atom. The monoisotopic (exact) mass is 722 g/mol. The van der Waals surface area contributed by atoms with Crippen LogP contribution in [0.3, 0.4) is 0 Å². The predicted octanol–water partition coefficient (Wildman–Crippen LogP) is 8.22. The number of aromatic nitrogens is 4. The van der Waals surface area contributed by atoms with Gasteiger partial charge in [-0.25, -0.2) is 9.97 Å². The Hall–Kier alpha value is -4.17. The number of ether oxygens (including phenoxy) is 1. The lowest BCUT2D eigenvalue weighted by Gasteiger charge is -2.49. The molecule has 15 heteroatoms. The molecule has 51 heavy (non-hydrogen) atoms. The van der Waals surface area contributed by atoms with Crippen molar-refractivity contribution in [3.8, 4) is 11.1 Å². The van der Waals surface area contributed by atoms with Crippen LogP contribution in [0.5, 0.6) is 0 Å². The van der Waals surface area contributed by atoms with E-state index in [0.717, 1.165) is 25.0 Å². The van der Waals surface area contributed by atoms with Gasteiger partial charge in [-0.2, -0.15) is 31.4 Å². The molecule has 2 fully saturated rings. The summed E-state index contributed by atoms with van der Waals surface area (Å²) in [7, 11) is 0. The molecule has 2 aliphatic rings. The highest BCUT2D eigenvalue weighted by atomic mass is 19.4. The summed E-state index contributed by atoms with van der Waals surface area (Å²) in [6.45, 7) is 5.73. The molecule has 1 N–H and O–H groups in total. The standard InChI is InChI=1S/C36H44F6N6O3/c1-4-29-15-31(16-30(5-2)48(29)33(50)24-9-7-22(8-10-24)13-32(49)51-6-3)47(34-43-17-25(18-44-34)26-19-45-46-20-26)21-23-11-27(35(37,38)39)14-28(12-23)36(40,41)42/h11-12,14,17-20,22,24,29-31H,4-10,13,15-16,21H2,1-3H3,(H,45,46)/t22?,24?,29-,30+,31?. The Morgan fingerprint density at radius 2 is 1.45 bits per heavy atom. The van der Waals surface area contributed by atoms with Crippen LogP contribution in [-0.4, -0.2) is 61.7 Å². The maximum Gasteiger partial charge on any atom is 0.416 e. The third-order valence-corrected chi connectivity index (χ3v) is 10.2. The van der Waals surface area contributed by atoms with E-state index in [0.29, 0.717) is 62.7 Å². The summed E-state index contributed by atoms with van der Waals surface area (Å²) in [5, 5.41) is 6.64. The van der Waals surface area contributed by atoms with Crippen molar-refractivity contribution in [1.29, 1.82) is 0 Å². The molecule has 9 nitrogen and oxygen atoms in total. The van der Waals surface area contributed by atoms with Crippen LogP contribution in [0.15, 0.2) is 43.0 Å². The van der Waals surface area contributed by atoms with E-state index in [1.54, 1.807) is 36.6 Å². The van der Waals surface area contributed by atoms with E-state index < -0.39 is 29.5 Å². The SMILES string of the molecule is CCOC(=O)CC1CCC(C(=O)N2[C@H](CC)CC(N(Cc3cc(C(F)(F)F)cc(C(F)(F)F)c3)c3ncc(-c4cn[nH]c4)cn3)C[C@@H]2CC)CC1. The summed E-state index contributed by atoms with van der Waals surface area (Å²) in [5.74, 6) is -0.0333. The number of anilines is 1. The number of rotatable bonds is 11. The summed E-state index contributed by atoms with van der Waals surface area (Å²) in [4.78, 5) is 38.9. The molecule has 3 aromatic rings. The van der Waals surface area contributed by atoms with E-state index in [1.165, 1.54) is 0 Å². The van der Waals surface area contributed by atoms with E-state index in [-0.39, 0.29) is 59.9 Å². The van der Waals surface area contributed by atoms with Gasteiger partial charge < -0.3 is 14.5 Å². The van der Waals surface area contributed by atoms with Crippen molar-refractivity contribution in [3.05, 3.63) is 59.7 Å². The molecule has 278 valence electrons. The number of hydrogen-bond donors (Lipinski definition) is 1. The van der Waals surface area contributed by atoms with Gasteiger partial charge in [0.15, 0.2) is 0 Å². The molecule has 5 rings (SSSR count). The van der Waals surface area contributed by atoms with Crippen LogP contribution >= 0.6 is 0 Å². The van der Waals surface area contributed by atoms with E-state index in [1.807, 2.05) is 18.7 Å². The number of nitrogens with one attached hydrogen (secondary N) is 1. The summed E-state index contributed by atoms with van der Waals surface area (Å²) >= 11 is 0. The quantitative estimate of drug-likeness (QED) is 0.157. The number of nitrogens with zero attached hydrogens (tertiary/aromatic N) is 5. The van der Waals surface area contributed by atoms with E-state index in [4.69, 9.17) is 4.74 Å². The Balaban J connectivity index is 1.43. The molecule has 1 aliphatic carbocycles. The number of H-pyrrole nitrogens is 1. The number of carbonyl (C=O) groups excluding carboxylic acids is 2. The fraction of sp³-hybridized carbons (Fsp3) is 0.583. The largest absolute Gasteiger partial charge is 0.466 e. The second kappa shape index (κ2) is 16.0. The van der Waals surface area contributed by atoms with E-state index in [9.17, 15) is 35.9 Å². The Kier molecular flexibility index (Phi) is 12.0. The van der Waals surface area contributed by atoms with Crippen molar-refractivity contribution in [2.45, 2.75) is 116 Å². The zero-order valence-electron chi connectivity index (χ0n) is 28.9. The normalized spacial score (nSPS) is 22.8. The topological polar surface area (TPSA) is 104 Å². The number of halogens is 6. The van der Waals surface area contributed by atoms with Crippen molar-refractivity contribution < 1.29 is 40.7 Å². The van der Waals surface area contributed by atoms with Gasteiger partial charge in [0, 0.05) is 66.7 Å². The lowest BCUT2D eigenvalue weighted by Crippen LogP contribution is -2.58. The molecule has 1 saturated heterocycles. The number of amides is 1. The van der Waals surface area contributed by atoms with Gasteiger partial charge >= 0.3 is 18.3 Å². The molecule has 0 radical (unpaired) electrons. The van der Waals surface area contributed by atoms with Gasteiger partial charge in [0.1, 0.15) is 0 Å². The molecule has 2 aromatic heterocycles. The maximum atomic E-state index is 14.1. The van der Waals surface area contributed by atoms with Crippen molar-refractivity contribution in [1.82, 2.24) is 25.1 Å². The molecular formula is C36H44F6N6O3. The van der Waals surface area contributed by atoms with Crippen LogP contribution in [0.1, 0.15) is 95.2 Å². The first-order valence-corrected chi connectivity index (χ1v) is 17.6. The highest BCUT2D eigenvalue weighted by molar-refractivity contribution is 5.80. The molecule has 1 aliphatic heterocycles. The van der Waals surface area contributed by atoms with Crippen LogP contribution in [0.4, 0.5) is 32.3 Å². The highest BCUT2D eigenvalue weighted by Crippen LogP contribution is 2.40. The van der Waals surface area contributed by atoms with Gasteiger partial charge in [-0.1, -0.05) is 13.8 Å². The van der Waals surface area contributed by atoms with Crippen LogP contribution in [0.25, 0.3) is 11.1 Å². The minimum Gasteiger partial charge on any atom is -0.466 e. The fourth-order valence-electron chi connectivity index (χ4n) is 7.57. The maximum absolute atomic E-state index is 14.1. The average Bonchev–Trinajstić information content (AvgIpc) is 3.65. The number of aromatic amines is 1. The lowest BCUT2D eigenvalue weighted by atomic mass is 9.78. The summed E-state index contributed by atoms with van der Waals surface area (Å²) in [5.41, 5.74) is -1.63.